The Bertz CT molecular complexity index is 500. The molecule has 0 bridgehead atoms. The topological polar surface area (TPSA) is 93.2 Å². The zero-order valence-electron chi connectivity index (χ0n) is 10.1. The van der Waals surface area contributed by atoms with Gasteiger partial charge in [-0.1, -0.05) is 0 Å². The lowest BCUT2D eigenvalue weighted by atomic mass is 10.1. The Morgan fingerprint density at radius 3 is 2.67 bits per heavy atom. The van der Waals surface area contributed by atoms with Crippen LogP contribution in [0.15, 0.2) is 12.4 Å². The fraction of sp³-hybridized carbons (Fsp3) is 0.600. The maximum Gasteiger partial charge on any atom is 0.258 e. The van der Waals surface area contributed by atoms with Crippen molar-refractivity contribution in [2.24, 2.45) is 0 Å². The molecule has 8 heteroatoms. The Labute approximate surface area is 106 Å². The first-order valence-corrected chi connectivity index (χ1v) is 7.60. The van der Waals surface area contributed by atoms with Crippen LogP contribution in [0.4, 0.5) is 5.82 Å². The van der Waals surface area contributed by atoms with E-state index in [2.05, 4.69) is 20.0 Å². The summed E-state index contributed by atoms with van der Waals surface area (Å²) < 4.78 is 30.4. The summed E-state index contributed by atoms with van der Waals surface area (Å²) in [6.07, 6.45) is 5.75. The first-order chi connectivity index (χ1) is 8.54. The van der Waals surface area contributed by atoms with Crippen LogP contribution in [-0.4, -0.2) is 43.8 Å². The van der Waals surface area contributed by atoms with E-state index >= 15 is 0 Å². The highest BCUT2D eigenvalue weighted by Crippen LogP contribution is 2.21. The minimum absolute atomic E-state index is 0.0445. The van der Waals surface area contributed by atoms with Gasteiger partial charge in [-0.3, -0.25) is 4.72 Å². The highest BCUT2D eigenvalue weighted by Gasteiger charge is 2.18. The van der Waals surface area contributed by atoms with Crippen molar-refractivity contribution >= 4 is 15.8 Å². The van der Waals surface area contributed by atoms with Gasteiger partial charge in [0, 0.05) is 12.4 Å². The van der Waals surface area contributed by atoms with Gasteiger partial charge in [-0.2, -0.15) is 0 Å². The highest BCUT2D eigenvalue weighted by molar-refractivity contribution is 7.92. The van der Waals surface area contributed by atoms with Crippen LogP contribution in [0.25, 0.3) is 0 Å². The Morgan fingerprint density at radius 1 is 1.33 bits per heavy atom. The van der Waals surface area contributed by atoms with Gasteiger partial charge in [0.2, 0.25) is 15.8 Å². The lowest BCUT2D eigenvalue weighted by Gasteiger charge is -2.23. The van der Waals surface area contributed by atoms with Gasteiger partial charge in [0.05, 0.1) is 6.26 Å². The molecule has 0 unspecified atom stereocenters. The van der Waals surface area contributed by atoms with Gasteiger partial charge >= 0.3 is 0 Å². The number of rotatable bonds is 4. The molecule has 1 fully saturated rings. The second kappa shape index (κ2) is 5.49. The Morgan fingerprint density at radius 2 is 2.00 bits per heavy atom. The molecule has 2 N–H and O–H groups in total. The smallest absolute Gasteiger partial charge is 0.258 e. The number of sulfonamides is 1. The van der Waals surface area contributed by atoms with E-state index in [0.717, 1.165) is 32.2 Å². The molecule has 1 aromatic rings. The van der Waals surface area contributed by atoms with Crippen LogP contribution in [0.5, 0.6) is 5.88 Å². The summed E-state index contributed by atoms with van der Waals surface area (Å²) in [5.74, 6) is 0.369. The molecule has 0 saturated carbocycles. The Kier molecular flexibility index (Phi) is 3.97. The average molecular weight is 272 g/mol. The zero-order chi connectivity index (χ0) is 13.0. The van der Waals surface area contributed by atoms with Crippen LogP contribution in [-0.2, 0) is 10.0 Å². The third kappa shape index (κ3) is 3.81. The summed E-state index contributed by atoms with van der Waals surface area (Å²) in [5.41, 5.74) is 0. The Hall–Kier alpha value is -1.41. The van der Waals surface area contributed by atoms with Crippen LogP contribution < -0.4 is 14.8 Å². The number of hydrogen-bond donors (Lipinski definition) is 2. The molecule has 7 nitrogen and oxygen atoms in total. The molecule has 0 spiro atoms. The van der Waals surface area contributed by atoms with Crippen molar-refractivity contribution in [3.63, 3.8) is 0 Å². The van der Waals surface area contributed by atoms with Crippen LogP contribution in [0, 0.1) is 0 Å². The van der Waals surface area contributed by atoms with Crippen molar-refractivity contribution in [1.29, 1.82) is 0 Å². The fourth-order valence-corrected chi connectivity index (χ4v) is 2.22. The van der Waals surface area contributed by atoms with Crippen molar-refractivity contribution in [3.05, 3.63) is 12.4 Å². The van der Waals surface area contributed by atoms with Gasteiger partial charge in [-0.15, -0.1) is 0 Å². The molecule has 1 aliphatic heterocycles. The van der Waals surface area contributed by atoms with E-state index in [4.69, 9.17) is 4.74 Å². The molecular weight excluding hydrogens is 256 g/mol. The van der Waals surface area contributed by atoms with Gasteiger partial charge < -0.3 is 10.1 Å². The van der Waals surface area contributed by atoms with E-state index in [1.807, 2.05) is 0 Å². The van der Waals surface area contributed by atoms with E-state index in [1.165, 1.54) is 12.4 Å². The molecule has 2 heterocycles. The number of nitrogens with one attached hydrogen (secondary N) is 2. The van der Waals surface area contributed by atoms with Crippen LogP contribution in [0.2, 0.25) is 0 Å². The van der Waals surface area contributed by atoms with Crippen molar-refractivity contribution < 1.29 is 13.2 Å². The normalized spacial score (nSPS) is 17.4. The summed E-state index contributed by atoms with van der Waals surface area (Å²) in [4.78, 5) is 7.96. The van der Waals surface area contributed by atoms with Crippen molar-refractivity contribution in [2.45, 2.75) is 18.9 Å². The SMILES string of the molecule is CS(=O)(=O)Nc1nccnc1OC1CCNCC1. The maximum absolute atomic E-state index is 11.2. The van der Waals surface area contributed by atoms with E-state index in [0.29, 0.717) is 0 Å². The number of aromatic nitrogens is 2. The van der Waals surface area contributed by atoms with Gasteiger partial charge in [0.15, 0.2) is 0 Å². The summed E-state index contributed by atoms with van der Waals surface area (Å²) in [6.45, 7) is 1.78. The van der Waals surface area contributed by atoms with Crippen LogP contribution >= 0.6 is 0 Å². The quantitative estimate of drug-likeness (QED) is 0.800. The zero-order valence-corrected chi connectivity index (χ0v) is 10.9. The summed E-state index contributed by atoms with van der Waals surface area (Å²) in [6, 6.07) is 0. The van der Waals surface area contributed by atoms with Gasteiger partial charge in [0.1, 0.15) is 6.10 Å². The minimum Gasteiger partial charge on any atom is -0.472 e. The number of piperidine rings is 1. The fourth-order valence-electron chi connectivity index (χ4n) is 1.73. The van der Waals surface area contributed by atoms with Gasteiger partial charge in [0.25, 0.3) is 5.88 Å². The standard InChI is InChI=1S/C10H16N4O3S/c1-18(15,16)14-9-10(13-7-6-12-9)17-8-2-4-11-5-3-8/h6-8,11H,2-5H2,1H3,(H,12,14). The average Bonchev–Trinajstić information content (AvgIpc) is 2.31. The maximum atomic E-state index is 11.2. The lowest BCUT2D eigenvalue weighted by Crippen LogP contribution is -2.34. The highest BCUT2D eigenvalue weighted by atomic mass is 32.2. The number of anilines is 1. The van der Waals surface area contributed by atoms with Crippen molar-refractivity contribution in [2.75, 3.05) is 24.1 Å². The molecule has 0 radical (unpaired) electrons. The van der Waals surface area contributed by atoms with Crippen molar-refractivity contribution in [1.82, 2.24) is 15.3 Å². The van der Waals surface area contributed by atoms with E-state index in [-0.39, 0.29) is 17.8 Å². The van der Waals surface area contributed by atoms with Gasteiger partial charge in [-0.25, -0.2) is 18.4 Å². The number of nitrogens with zero attached hydrogens (tertiary/aromatic N) is 2. The molecule has 18 heavy (non-hydrogen) atoms. The largest absolute Gasteiger partial charge is 0.472 e. The summed E-state index contributed by atoms with van der Waals surface area (Å²) in [5, 5.41) is 3.23. The van der Waals surface area contributed by atoms with Crippen LogP contribution in [0.3, 0.4) is 0 Å². The molecule has 100 valence electrons. The van der Waals surface area contributed by atoms with E-state index in [1.54, 1.807) is 0 Å². The third-order valence-electron chi connectivity index (χ3n) is 2.51. The first-order valence-electron chi connectivity index (χ1n) is 5.71. The second-order valence-electron chi connectivity index (χ2n) is 4.15. The molecule has 2 rings (SSSR count). The lowest BCUT2D eigenvalue weighted by molar-refractivity contribution is 0.156. The molecule has 1 aliphatic rings. The van der Waals surface area contributed by atoms with E-state index in [9.17, 15) is 8.42 Å². The molecule has 0 aliphatic carbocycles. The predicted octanol–water partition coefficient (Wildman–Crippen LogP) is -0.0211. The Balaban J connectivity index is 2.11. The molecule has 0 atom stereocenters. The number of ether oxygens (including phenoxy) is 1. The molecule has 0 amide bonds. The summed E-state index contributed by atoms with van der Waals surface area (Å²) >= 11 is 0. The predicted molar refractivity (Wildman–Crippen MR) is 67.0 cm³/mol. The first kappa shape index (κ1) is 13.0. The monoisotopic (exact) mass is 272 g/mol. The van der Waals surface area contributed by atoms with Crippen molar-refractivity contribution in [3.8, 4) is 5.88 Å². The molecule has 1 saturated heterocycles. The third-order valence-corrected chi connectivity index (χ3v) is 3.08. The molecular formula is C10H16N4O3S. The van der Waals surface area contributed by atoms with Gasteiger partial charge in [-0.05, 0) is 25.9 Å². The van der Waals surface area contributed by atoms with E-state index < -0.39 is 10.0 Å². The minimum atomic E-state index is -3.39. The second-order valence-corrected chi connectivity index (χ2v) is 5.90. The van der Waals surface area contributed by atoms with Crippen LogP contribution in [0.1, 0.15) is 12.8 Å². The molecule has 1 aromatic heterocycles. The molecule has 0 aromatic carbocycles. The number of hydrogen-bond acceptors (Lipinski definition) is 6. The summed E-state index contributed by atoms with van der Waals surface area (Å²) in [7, 11) is -3.39.